The predicted molar refractivity (Wildman–Crippen MR) is 40.8 cm³/mol. The van der Waals surface area contributed by atoms with E-state index in [1.54, 1.807) is 0 Å². The average molecular weight is 166 g/mol. The molecular weight excluding hydrogens is 150 g/mol. The molecule has 0 heterocycles. The molecule has 0 aromatic rings. The van der Waals surface area contributed by atoms with Crippen molar-refractivity contribution in [2.45, 2.75) is 51.6 Å². The van der Waals surface area contributed by atoms with E-state index in [2.05, 4.69) is 0 Å². The molecule has 0 atom stereocenters. The molecule has 0 spiro atoms. The van der Waals surface area contributed by atoms with Crippen molar-refractivity contribution in [3.05, 3.63) is 0 Å². The van der Waals surface area contributed by atoms with E-state index in [0.717, 1.165) is 0 Å². The number of hydrogen-bond donors (Lipinski definition) is 1. The topological polar surface area (TPSA) is 20.2 Å². The summed E-state index contributed by atoms with van der Waals surface area (Å²) >= 11 is 0. The van der Waals surface area contributed by atoms with Gasteiger partial charge in [0.1, 0.15) is 0 Å². The SMILES string of the molecule is CC.OC1CCC(F)(F)CC1. The fourth-order valence-corrected chi connectivity index (χ4v) is 1.02. The second-order valence-corrected chi connectivity index (χ2v) is 2.59. The first-order valence-corrected chi connectivity index (χ1v) is 4.16. The van der Waals surface area contributed by atoms with Crippen LogP contribution in [0, 0.1) is 0 Å². The van der Waals surface area contributed by atoms with E-state index < -0.39 is 12.0 Å². The zero-order chi connectivity index (χ0) is 8.91. The molecule has 0 radical (unpaired) electrons. The van der Waals surface area contributed by atoms with Gasteiger partial charge in [0.25, 0.3) is 0 Å². The van der Waals surface area contributed by atoms with Gasteiger partial charge in [-0.2, -0.15) is 0 Å². The van der Waals surface area contributed by atoms with Crippen molar-refractivity contribution in [1.29, 1.82) is 0 Å². The molecule has 1 N–H and O–H groups in total. The summed E-state index contributed by atoms with van der Waals surface area (Å²) in [6, 6.07) is 0. The van der Waals surface area contributed by atoms with Gasteiger partial charge in [0, 0.05) is 12.8 Å². The highest BCUT2D eigenvalue weighted by Crippen LogP contribution is 2.32. The Morgan fingerprint density at radius 1 is 1.18 bits per heavy atom. The highest BCUT2D eigenvalue weighted by Gasteiger charge is 2.33. The number of aliphatic hydroxyl groups is 1. The maximum atomic E-state index is 12.3. The molecule has 0 amide bonds. The third-order valence-electron chi connectivity index (χ3n) is 1.69. The van der Waals surface area contributed by atoms with Gasteiger partial charge >= 0.3 is 0 Å². The first-order valence-electron chi connectivity index (χ1n) is 4.16. The number of hydrogen-bond acceptors (Lipinski definition) is 1. The fourth-order valence-electron chi connectivity index (χ4n) is 1.02. The lowest BCUT2D eigenvalue weighted by atomic mass is 9.94. The van der Waals surface area contributed by atoms with Crippen LogP contribution in [0.2, 0.25) is 0 Å². The van der Waals surface area contributed by atoms with Gasteiger partial charge in [0.2, 0.25) is 5.92 Å². The van der Waals surface area contributed by atoms with Crippen molar-refractivity contribution in [2.75, 3.05) is 0 Å². The Kier molecular flexibility index (Phi) is 4.57. The Morgan fingerprint density at radius 3 is 1.82 bits per heavy atom. The van der Waals surface area contributed by atoms with Crippen LogP contribution >= 0.6 is 0 Å². The van der Waals surface area contributed by atoms with Gasteiger partial charge < -0.3 is 5.11 Å². The summed E-state index contributed by atoms with van der Waals surface area (Å²) in [5.41, 5.74) is 0. The lowest BCUT2D eigenvalue weighted by Gasteiger charge is -2.24. The summed E-state index contributed by atoms with van der Waals surface area (Å²) in [7, 11) is 0. The van der Waals surface area contributed by atoms with Crippen LogP contribution in [0.15, 0.2) is 0 Å². The minimum atomic E-state index is -2.50. The van der Waals surface area contributed by atoms with E-state index in [1.807, 2.05) is 13.8 Å². The first kappa shape index (κ1) is 10.8. The predicted octanol–water partition coefficient (Wildman–Crippen LogP) is 2.58. The largest absolute Gasteiger partial charge is 0.393 e. The lowest BCUT2D eigenvalue weighted by Crippen LogP contribution is -2.26. The highest BCUT2D eigenvalue weighted by atomic mass is 19.3. The van der Waals surface area contributed by atoms with Gasteiger partial charge in [-0.05, 0) is 12.8 Å². The Labute approximate surface area is 66.4 Å². The van der Waals surface area contributed by atoms with Gasteiger partial charge in [-0.15, -0.1) is 0 Å². The molecule has 0 aromatic heterocycles. The molecule has 0 unspecified atom stereocenters. The van der Waals surface area contributed by atoms with E-state index in [0.29, 0.717) is 0 Å². The molecule has 1 nitrogen and oxygen atoms in total. The molecule has 0 bridgehead atoms. The molecule has 1 rings (SSSR count). The van der Waals surface area contributed by atoms with Gasteiger partial charge in [0.15, 0.2) is 0 Å². The summed E-state index contributed by atoms with van der Waals surface area (Å²) in [5.74, 6) is -2.50. The molecule has 68 valence electrons. The van der Waals surface area contributed by atoms with Crippen LogP contribution in [-0.4, -0.2) is 17.1 Å². The van der Waals surface area contributed by atoms with Gasteiger partial charge in [-0.3, -0.25) is 0 Å². The van der Waals surface area contributed by atoms with Crippen LogP contribution in [-0.2, 0) is 0 Å². The van der Waals surface area contributed by atoms with E-state index >= 15 is 0 Å². The van der Waals surface area contributed by atoms with Gasteiger partial charge in [-0.1, -0.05) is 13.8 Å². The van der Waals surface area contributed by atoms with Crippen LogP contribution in [0.5, 0.6) is 0 Å². The van der Waals surface area contributed by atoms with E-state index in [4.69, 9.17) is 5.11 Å². The zero-order valence-electron chi connectivity index (χ0n) is 7.11. The van der Waals surface area contributed by atoms with E-state index in [1.165, 1.54) is 0 Å². The van der Waals surface area contributed by atoms with Crippen molar-refractivity contribution < 1.29 is 13.9 Å². The molecule has 1 aliphatic rings. The second kappa shape index (κ2) is 4.65. The maximum Gasteiger partial charge on any atom is 0.248 e. The van der Waals surface area contributed by atoms with Crippen molar-refractivity contribution in [1.82, 2.24) is 0 Å². The lowest BCUT2D eigenvalue weighted by molar-refractivity contribution is -0.0630. The standard InChI is InChI=1S/C6H10F2O.C2H6/c7-6(8)3-1-5(9)2-4-6;1-2/h5,9H,1-4H2;1-2H3. The van der Waals surface area contributed by atoms with Crippen LogP contribution < -0.4 is 0 Å². The van der Waals surface area contributed by atoms with Crippen LogP contribution in [0.1, 0.15) is 39.5 Å². The number of aliphatic hydroxyl groups excluding tert-OH is 1. The van der Waals surface area contributed by atoms with Crippen LogP contribution in [0.3, 0.4) is 0 Å². The first-order chi connectivity index (χ1) is 5.10. The van der Waals surface area contributed by atoms with Crippen molar-refractivity contribution >= 4 is 0 Å². The smallest absolute Gasteiger partial charge is 0.248 e. The number of rotatable bonds is 0. The second-order valence-electron chi connectivity index (χ2n) is 2.59. The summed E-state index contributed by atoms with van der Waals surface area (Å²) in [6.45, 7) is 4.00. The summed E-state index contributed by atoms with van der Waals surface area (Å²) in [5, 5.41) is 8.81. The Bertz CT molecular complexity index is 94.3. The van der Waals surface area contributed by atoms with Crippen molar-refractivity contribution in [3.8, 4) is 0 Å². The number of alkyl halides is 2. The van der Waals surface area contributed by atoms with Gasteiger partial charge in [0.05, 0.1) is 6.10 Å². The molecule has 0 aromatic carbocycles. The highest BCUT2D eigenvalue weighted by molar-refractivity contribution is 4.76. The molecule has 1 saturated carbocycles. The van der Waals surface area contributed by atoms with Gasteiger partial charge in [-0.25, -0.2) is 8.78 Å². The monoisotopic (exact) mass is 166 g/mol. The maximum absolute atomic E-state index is 12.3. The number of halogens is 2. The normalized spacial score (nSPS) is 23.7. The molecule has 1 fully saturated rings. The fraction of sp³-hybridized carbons (Fsp3) is 1.00. The quantitative estimate of drug-likeness (QED) is 0.586. The minimum absolute atomic E-state index is 0.145. The third kappa shape index (κ3) is 4.30. The molecule has 0 aliphatic heterocycles. The minimum Gasteiger partial charge on any atom is -0.393 e. The van der Waals surface area contributed by atoms with E-state index in [-0.39, 0.29) is 25.7 Å². The average Bonchev–Trinajstić information content (AvgIpc) is 2.00. The molecule has 1 aliphatic carbocycles. The van der Waals surface area contributed by atoms with Crippen LogP contribution in [0.4, 0.5) is 8.78 Å². The Balaban J connectivity index is 0.000000461. The Hall–Kier alpha value is -0.180. The van der Waals surface area contributed by atoms with Crippen LogP contribution in [0.25, 0.3) is 0 Å². The molecular formula is C8H16F2O. The van der Waals surface area contributed by atoms with Crippen molar-refractivity contribution in [3.63, 3.8) is 0 Å². The summed E-state index contributed by atoms with van der Waals surface area (Å²) < 4.78 is 24.5. The summed E-state index contributed by atoms with van der Waals surface area (Å²) in [4.78, 5) is 0. The summed E-state index contributed by atoms with van der Waals surface area (Å²) in [6.07, 6.45) is -0.257. The molecule has 11 heavy (non-hydrogen) atoms. The van der Waals surface area contributed by atoms with E-state index in [9.17, 15) is 8.78 Å². The zero-order valence-corrected chi connectivity index (χ0v) is 7.11. The Morgan fingerprint density at radius 2 is 1.55 bits per heavy atom. The third-order valence-corrected chi connectivity index (χ3v) is 1.69. The molecule has 3 heteroatoms. The molecule has 0 saturated heterocycles. The van der Waals surface area contributed by atoms with Crippen molar-refractivity contribution in [2.24, 2.45) is 0 Å².